The average Bonchev–Trinajstić information content (AvgIpc) is 2.31. The lowest BCUT2D eigenvalue weighted by atomic mass is 10.1. The van der Waals surface area contributed by atoms with E-state index in [9.17, 15) is 9.59 Å². The van der Waals surface area contributed by atoms with Crippen molar-refractivity contribution in [3.05, 3.63) is 21.9 Å². The average molecular weight is 170 g/mol. The minimum Gasteiger partial charge on any atom is -0.477 e. The summed E-state index contributed by atoms with van der Waals surface area (Å²) in [6.45, 7) is 3.62. The van der Waals surface area contributed by atoms with Crippen molar-refractivity contribution in [2.75, 3.05) is 0 Å². The molecule has 5 nitrogen and oxygen atoms in total. The highest BCUT2D eigenvalue weighted by molar-refractivity contribution is 5.86. The molecule has 0 unspecified atom stereocenters. The summed E-state index contributed by atoms with van der Waals surface area (Å²) in [6, 6.07) is 0. The second-order valence-electron chi connectivity index (χ2n) is 2.83. The number of carbonyl (C=O) groups is 1. The Labute approximate surface area is 68.4 Å². The third kappa shape index (κ3) is 1.39. The van der Waals surface area contributed by atoms with E-state index in [2.05, 4.69) is 9.97 Å². The molecule has 3 N–H and O–H groups in total. The van der Waals surface area contributed by atoms with E-state index in [-0.39, 0.29) is 11.6 Å². The molecule has 0 spiro atoms. The molecule has 0 saturated heterocycles. The Kier molecular flexibility index (Phi) is 2.03. The van der Waals surface area contributed by atoms with Crippen LogP contribution >= 0.6 is 0 Å². The number of aromatic amines is 2. The molecule has 0 fully saturated rings. The van der Waals surface area contributed by atoms with Crippen molar-refractivity contribution in [2.45, 2.75) is 19.8 Å². The fourth-order valence-electron chi connectivity index (χ4n) is 0.999. The van der Waals surface area contributed by atoms with Crippen LogP contribution in [0, 0.1) is 0 Å². The van der Waals surface area contributed by atoms with Gasteiger partial charge in [0.05, 0.1) is 5.69 Å². The van der Waals surface area contributed by atoms with E-state index in [1.54, 1.807) is 0 Å². The molecule has 1 aromatic rings. The van der Waals surface area contributed by atoms with Crippen LogP contribution < -0.4 is 5.69 Å². The molecule has 0 radical (unpaired) electrons. The van der Waals surface area contributed by atoms with Crippen LogP contribution in [0.2, 0.25) is 0 Å². The molecule has 0 bridgehead atoms. The summed E-state index contributed by atoms with van der Waals surface area (Å²) in [7, 11) is 0. The van der Waals surface area contributed by atoms with Gasteiger partial charge in [-0.05, 0) is 5.92 Å². The molecule has 0 aliphatic rings. The maximum absolute atomic E-state index is 10.7. The maximum Gasteiger partial charge on any atom is 0.354 e. The number of aromatic carboxylic acids is 1. The number of nitrogens with one attached hydrogen (secondary N) is 2. The van der Waals surface area contributed by atoms with Gasteiger partial charge in [0, 0.05) is 0 Å². The lowest BCUT2D eigenvalue weighted by molar-refractivity contribution is 0.0689. The first kappa shape index (κ1) is 8.58. The molecule has 1 aromatic heterocycles. The highest BCUT2D eigenvalue weighted by atomic mass is 16.4. The normalized spacial score (nSPS) is 10.6. The first-order chi connectivity index (χ1) is 5.52. The minimum atomic E-state index is -1.11. The predicted molar refractivity (Wildman–Crippen MR) is 42.5 cm³/mol. The number of carboxylic acids is 1. The Morgan fingerprint density at radius 2 is 2.00 bits per heavy atom. The molecule has 0 aromatic carbocycles. The largest absolute Gasteiger partial charge is 0.477 e. The first-order valence-corrected chi connectivity index (χ1v) is 3.58. The smallest absolute Gasteiger partial charge is 0.354 e. The molecule has 0 aliphatic heterocycles. The van der Waals surface area contributed by atoms with Crippen LogP contribution in [0.5, 0.6) is 0 Å². The van der Waals surface area contributed by atoms with Crippen molar-refractivity contribution in [2.24, 2.45) is 0 Å². The Bertz CT molecular complexity index is 348. The molecule has 5 heteroatoms. The Morgan fingerprint density at radius 1 is 1.42 bits per heavy atom. The van der Waals surface area contributed by atoms with Gasteiger partial charge in [-0.3, -0.25) is 4.98 Å². The SMILES string of the molecule is CC(C)c1[nH]c(=O)[nH]c1C(=O)O. The number of carboxylic acid groups (broad SMARTS) is 1. The van der Waals surface area contributed by atoms with Crippen molar-refractivity contribution >= 4 is 5.97 Å². The predicted octanol–water partition coefficient (Wildman–Crippen LogP) is 0.525. The number of H-pyrrole nitrogens is 2. The second kappa shape index (κ2) is 2.84. The van der Waals surface area contributed by atoms with Crippen LogP contribution in [0.4, 0.5) is 0 Å². The van der Waals surface area contributed by atoms with Gasteiger partial charge in [-0.15, -0.1) is 0 Å². The number of imidazole rings is 1. The molecule has 0 amide bonds. The monoisotopic (exact) mass is 170 g/mol. The van der Waals surface area contributed by atoms with Crippen LogP contribution in [-0.2, 0) is 0 Å². The fraction of sp³-hybridized carbons (Fsp3) is 0.429. The molecule has 1 rings (SSSR count). The molecular weight excluding hydrogens is 160 g/mol. The summed E-state index contributed by atoms with van der Waals surface area (Å²) in [4.78, 5) is 25.9. The highest BCUT2D eigenvalue weighted by Crippen LogP contribution is 2.12. The zero-order valence-electron chi connectivity index (χ0n) is 6.84. The number of hydrogen-bond acceptors (Lipinski definition) is 2. The molecule has 0 saturated carbocycles. The van der Waals surface area contributed by atoms with E-state index < -0.39 is 11.7 Å². The van der Waals surface area contributed by atoms with Gasteiger partial charge < -0.3 is 10.1 Å². The van der Waals surface area contributed by atoms with Crippen molar-refractivity contribution in [3.63, 3.8) is 0 Å². The van der Waals surface area contributed by atoms with Gasteiger partial charge in [-0.1, -0.05) is 13.8 Å². The van der Waals surface area contributed by atoms with E-state index in [0.29, 0.717) is 5.69 Å². The van der Waals surface area contributed by atoms with Gasteiger partial charge in [-0.2, -0.15) is 0 Å². The van der Waals surface area contributed by atoms with Gasteiger partial charge in [0.25, 0.3) is 0 Å². The molecule has 66 valence electrons. The Hall–Kier alpha value is -1.52. The van der Waals surface area contributed by atoms with Gasteiger partial charge in [-0.25, -0.2) is 9.59 Å². The van der Waals surface area contributed by atoms with Gasteiger partial charge in [0.15, 0.2) is 0 Å². The molecule has 0 atom stereocenters. The highest BCUT2D eigenvalue weighted by Gasteiger charge is 2.15. The maximum atomic E-state index is 10.7. The molecule has 1 heterocycles. The zero-order valence-corrected chi connectivity index (χ0v) is 6.84. The van der Waals surface area contributed by atoms with Crippen LogP contribution in [0.3, 0.4) is 0 Å². The summed E-state index contributed by atoms with van der Waals surface area (Å²) in [5.41, 5.74) is -0.0846. The van der Waals surface area contributed by atoms with Crippen molar-refractivity contribution in [3.8, 4) is 0 Å². The van der Waals surface area contributed by atoms with E-state index in [0.717, 1.165) is 0 Å². The molecular formula is C7H10N2O3. The van der Waals surface area contributed by atoms with E-state index in [4.69, 9.17) is 5.11 Å². The van der Waals surface area contributed by atoms with E-state index in [1.165, 1.54) is 0 Å². The van der Waals surface area contributed by atoms with E-state index >= 15 is 0 Å². The number of hydrogen-bond donors (Lipinski definition) is 3. The van der Waals surface area contributed by atoms with Crippen molar-refractivity contribution < 1.29 is 9.90 Å². The van der Waals surface area contributed by atoms with E-state index in [1.807, 2.05) is 13.8 Å². The van der Waals surface area contributed by atoms with Crippen LogP contribution in [0.15, 0.2) is 4.79 Å². The summed E-state index contributed by atoms with van der Waals surface area (Å²) >= 11 is 0. The third-order valence-corrected chi connectivity index (χ3v) is 1.55. The topological polar surface area (TPSA) is 86.0 Å². The van der Waals surface area contributed by atoms with Crippen molar-refractivity contribution in [1.29, 1.82) is 0 Å². The summed E-state index contributed by atoms with van der Waals surface area (Å²) in [6.07, 6.45) is 0. The van der Waals surface area contributed by atoms with Crippen LogP contribution in [-0.4, -0.2) is 21.0 Å². The third-order valence-electron chi connectivity index (χ3n) is 1.55. The summed E-state index contributed by atoms with van der Waals surface area (Å²) in [5, 5.41) is 8.64. The summed E-state index contributed by atoms with van der Waals surface area (Å²) in [5.74, 6) is -1.12. The Balaban J connectivity index is 3.26. The summed E-state index contributed by atoms with van der Waals surface area (Å²) < 4.78 is 0. The lowest BCUT2D eigenvalue weighted by Crippen LogP contribution is -2.04. The standard InChI is InChI=1S/C7H10N2O3/c1-3(2)4-5(6(10)11)9-7(12)8-4/h3H,1-2H3,(H,10,11)(H2,8,9,12). The fourth-order valence-corrected chi connectivity index (χ4v) is 0.999. The number of rotatable bonds is 2. The lowest BCUT2D eigenvalue weighted by Gasteiger charge is -2.00. The molecule has 12 heavy (non-hydrogen) atoms. The van der Waals surface area contributed by atoms with Crippen LogP contribution in [0.1, 0.15) is 35.9 Å². The zero-order chi connectivity index (χ0) is 9.30. The van der Waals surface area contributed by atoms with Crippen LogP contribution in [0.25, 0.3) is 0 Å². The van der Waals surface area contributed by atoms with Gasteiger partial charge in [0.1, 0.15) is 5.69 Å². The van der Waals surface area contributed by atoms with Crippen molar-refractivity contribution in [1.82, 2.24) is 9.97 Å². The second-order valence-corrected chi connectivity index (χ2v) is 2.83. The quantitative estimate of drug-likeness (QED) is 0.604. The first-order valence-electron chi connectivity index (χ1n) is 3.58. The minimum absolute atomic E-state index is 0.00458. The number of aromatic nitrogens is 2. The Morgan fingerprint density at radius 3 is 2.33 bits per heavy atom. The molecule has 0 aliphatic carbocycles. The van der Waals surface area contributed by atoms with Gasteiger partial charge >= 0.3 is 11.7 Å². The van der Waals surface area contributed by atoms with Gasteiger partial charge in [0.2, 0.25) is 0 Å².